The molecule has 0 spiro atoms. The van der Waals surface area contributed by atoms with E-state index in [1.165, 1.54) is 0 Å². The quantitative estimate of drug-likeness (QED) is 0.566. The van der Waals surface area contributed by atoms with Gasteiger partial charge in [0, 0.05) is 0 Å². The number of hydrogen-bond acceptors (Lipinski definition) is 6. The lowest BCUT2D eigenvalue weighted by Crippen LogP contribution is -2.60. The average molecular weight is 286 g/mol. The van der Waals surface area contributed by atoms with Gasteiger partial charge in [0.2, 0.25) is 0 Å². The Bertz CT molecular complexity index is 439. The molecule has 4 aliphatic carbocycles. The van der Waals surface area contributed by atoms with Crippen LogP contribution in [0.5, 0.6) is 0 Å². The van der Waals surface area contributed by atoms with Crippen LogP contribution in [-0.2, 0) is 9.68 Å². The molecule has 0 aromatic heterocycles. The Morgan fingerprint density at radius 1 is 1.10 bits per heavy atom. The van der Waals surface area contributed by atoms with Gasteiger partial charge < -0.3 is 9.68 Å². The summed E-state index contributed by atoms with van der Waals surface area (Å²) in [5, 5.41) is 19.9. The highest BCUT2D eigenvalue weighted by Crippen LogP contribution is 2.64. The molecule has 20 heavy (non-hydrogen) atoms. The van der Waals surface area contributed by atoms with E-state index in [2.05, 4.69) is 0 Å². The van der Waals surface area contributed by atoms with Crippen molar-refractivity contribution in [3.8, 4) is 0 Å². The van der Waals surface area contributed by atoms with Crippen molar-refractivity contribution in [2.75, 3.05) is 0 Å². The molecule has 0 N–H and O–H groups in total. The Kier molecular flexibility index (Phi) is 2.81. The zero-order valence-corrected chi connectivity index (χ0v) is 11.3. The maximum absolute atomic E-state index is 10.8. The number of nitrogens with zero attached hydrogens (tertiary/aromatic N) is 2. The minimum Gasteiger partial charge on any atom is -0.310 e. The van der Waals surface area contributed by atoms with Crippen molar-refractivity contribution in [2.24, 2.45) is 17.3 Å². The van der Waals surface area contributed by atoms with Crippen LogP contribution in [0.25, 0.3) is 0 Å². The summed E-state index contributed by atoms with van der Waals surface area (Å²) in [6, 6.07) is 0. The van der Waals surface area contributed by atoms with Gasteiger partial charge in [-0.1, -0.05) is 0 Å². The zero-order valence-electron chi connectivity index (χ0n) is 11.3. The van der Waals surface area contributed by atoms with Crippen LogP contribution in [0.15, 0.2) is 0 Å². The van der Waals surface area contributed by atoms with E-state index >= 15 is 0 Å². The largest absolute Gasteiger partial charge is 0.310 e. The molecule has 0 radical (unpaired) electrons. The summed E-state index contributed by atoms with van der Waals surface area (Å²) in [6.07, 6.45) is 4.08. The summed E-state index contributed by atoms with van der Waals surface area (Å²) in [6.45, 7) is 1.70. The summed E-state index contributed by atoms with van der Waals surface area (Å²) >= 11 is 0. The van der Waals surface area contributed by atoms with Crippen LogP contribution in [0.3, 0.4) is 0 Å². The second-order valence-corrected chi connectivity index (χ2v) is 6.79. The van der Waals surface area contributed by atoms with Crippen molar-refractivity contribution in [3.05, 3.63) is 20.2 Å². The topological polar surface area (TPSA) is 105 Å². The van der Waals surface area contributed by atoms with Gasteiger partial charge in [0.25, 0.3) is 10.2 Å². The molecule has 112 valence electrons. The third kappa shape index (κ3) is 2.06. The van der Waals surface area contributed by atoms with Crippen LogP contribution in [0.4, 0.5) is 0 Å². The van der Waals surface area contributed by atoms with E-state index in [4.69, 9.17) is 9.68 Å². The van der Waals surface area contributed by atoms with Gasteiger partial charge in [-0.15, -0.1) is 20.2 Å². The Morgan fingerprint density at radius 2 is 1.70 bits per heavy atom. The predicted octanol–water partition coefficient (Wildman–Crippen LogP) is 2.13. The first-order valence-corrected chi connectivity index (χ1v) is 6.97. The number of hydrogen-bond donors (Lipinski definition) is 0. The van der Waals surface area contributed by atoms with E-state index in [1.807, 2.05) is 0 Å². The van der Waals surface area contributed by atoms with Crippen LogP contribution in [-0.4, -0.2) is 21.9 Å². The highest BCUT2D eigenvalue weighted by molar-refractivity contribution is 5.10. The lowest BCUT2D eigenvalue weighted by Gasteiger charge is -2.61. The molecule has 0 amide bonds. The van der Waals surface area contributed by atoms with Gasteiger partial charge in [0.15, 0.2) is 0 Å². The Labute approximate surface area is 115 Å². The van der Waals surface area contributed by atoms with E-state index in [0.717, 1.165) is 19.3 Å². The van der Waals surface area contributed by atoms with E-state index < -0.39 is 21.9 Å². The molecule has 4 fully saturated rings. The molecule has 0 aromatic rings. The molecule has 8 heteroatoms. The van der Waals surface area contributed by atoms with Gasteiger partial charge in [-0.25, -0.2) is 0 Å². The first-order chi connectivity index (χ1) is 9.32. The molecule has 0 aromatic carbocycles. The van der Waals surface area contributed by atoms with Crippen molar-refractivity contribution in [1.82, 2.24) is 0 Å². The second-order valence-electron chi connectivity index (χ2n) is 6.79. The Hall–Kier alpha value is -1.60. The van der Waals surface area contributed by atoms with E-state index in [0.29, 0.717) is 31.1 Å². The van der Waals surface area contributed by atoms with Crippen LogP contribution < -0.4 is 0 Å². The first-order valence-electron chi connectivity index (χ1n) is 6.97. The van der Waals surface area contributed by atoms with Crippen LogP contribution in [0.1, 0.15) is 45.4 Å². The Morgan fingerprint density at radius 3 is 2.20 bits per heavy atom. The first kappa shape index (κ1) is 13.4. The van der Waals surface area contributed by atoms with Crippen molar-refractivity contribution < 1.29 is 19.8 Å². The fourth-order valence-corrected chi connectivity index (χ4v) is 5.23. The van der Waals surface area contributed by atoms with E-state index in [-0.39, 0.29) is 5.41 Å². The van der Waals surface area contributed by atoms with E-state index in [1.54, 1.807) is 6.92 Å². The minimum atomic E-state index is -0.760. The molecule has 4 rings (SSSR count). The summed E-state index contributed by atoms with van der Waals surface area (Å²) in [5.74, 6) is 0.711. The molecule has 4 saturated carbocycles. The number of rotatable bonds is 5. The molecule has 5 atom stereocenters. The molecule has 0 saturated heterocycles. The molecule has 4 bridgehead atoms. The van der Waals surface area contributed by atoms with Gasteiger partial charge in [0.05, 0.1) is 0 Å². The van der Waals surface area contributed by atoms with Crippen molar-refractivity contribution in [1.29, 1.82) is 0 Å². The van der Waals surface area contributed by atoms with Crippen LogP contribution in [0, 0.1) is 37.5 Å². The zero-order chi connectivity index (χ0) is 14.5. The normalized spacial score (nSPS) is 43.0. The van der Waals surface area contributed by atoms with Gasteiger partial charge in [0.1, 0.15) is 11.7 Å². The predicted molar refractivity (Wildman–Crippen MR) is 65.5 cm³/mol. The molecular formula is C12H18N2O6. The maximum atomic E-state index is 10.8. The van der Waals surface area contributed by atoms with E-state index in [9.17, 15) is 20.2 Å². The van der Waals surface area contributed by atoms with Gasteiger partial charge in [-0.2, -0.15) is 0 Å². The third-order valence-corrected chi connectivity index (χ3v) is 5.43. The summed E-state index contributed by atoms with van der Waals surface area (Å²) in [4.78, 5) is 31.2. The van der Waals surface area contributed by atoms with Gasteiger partial charge >= 0.3 is 0 Å². The van der Waals surface area contributed by atoms with Crippen molar-refractivity contribution >= 4 is 0 Å². The van der Waals surface area contributed by atoms with Crippen molar-refractivity contribution in [3.63, 3.8) is 0 Å². The van der Waals surface area contributed by atoms with Crippen LogP contribution >= 0.6 is 0 Å². The highest BCUT2D eigenvalue weighted by atomic mass is 17.0. The molecular weight excluding hydrogens is 268 g/mol. The lowest BCUT2D eigenvalue weighted by atomic mass is 9.46. The molecule has 0 heterocycles. The minimum absolute atomic E-state index is 0.354. The lowest BCUT2D eigenvalue weighted by molar-refractivity contribution is -0.789. The van der Waals surface area contributed by atoms with Crippen molar-refractivity contribution in [2.45, 2.75) is 57.2 Å². The molecule has 4 aliphatic rings. The van der Waals surface area contributed by atoms with Gasteiger partial charge in [-0.05, 0) is 62.7 Å². The smallest absolute Gasteiger partial charge is 0.295 e. The van der Waals surface area contributed by atoms with Gasteiger partial charge in [-0.3, -0.25) is 0 Å². The maximum Gasteiger partial charge on any atom is 0.295 e. The fourth-order valence-electron chi connectivity index (χ4n) is 5.23. The highest BCUT2D eigenvalue weighted by Gasteiger charge is 2.61. The molecule has 2 unspecified atom stereocenters. The summed E-state index contributed by atoms with van der Waals surface area (Å²) < 4.78 is 0. The third-order valence-electron chi connectivity index (χ3n) is 5.43. The molecule has 0 aliphatic heterocycles. The Balaban J connectivity index is 1.86. The fraction of sp³-hybridized carbons (Fsp3) is 1.00. The second kappa shape index (κ2) is 4.20. The SMILES string of the molecule is C[C@@H](O[N+](=O)[O-])C12C[C@@H]3C[C@@H](CC(O[N+](=O)[O-])(C3)C1)C2. The summed E-state index contributed by atoms with van der Waals surface area (Å²) in [7, 11) is 0. The average Bonchev–Trinajstić information content (AvgIpc) is 2.23. The van der Waals surface area contributed by atoms with Crippen LogP contribution in [0.2, 0.25) is 0 Å². The monoisotopic (exact) mass is 286 g/mol. The summed E-state index contributed by atoms with van der Waals surface area (Å²) in [5.41, 5.74) is -1.10. The molecule has 8 nitrogen and oxygen atoms in total. The standard InChI is InChI=1S/C12H18N2O6/c1-8(19-13(15)16)11-3-9-2-10(4-11)6-12(5-9,7-11)20-14(17)18/h8-10H,2-7H2,1H3/t8-,9-,10+,11?,12?/m1/s1.